The number of ether oxygens (including phenoxy) is 1. The van der Waals surface area contributed by atoms with E-state index in [4.69, 9.17) is 4.74 Å². The van der Waals surface area contributed by atoms with Crippen LogP contribution in [0.3, 0.4) is 0 Å². The lowest BCUT2D eigenvalue weighted by Crippen LogP contribution is -2.51. The Bertz CT molecular complexity index is 223. The number of halogens is 1. The van der Waals surface area contributed by atoms with E-state index in [1.54, 1.807) is 0 Å². The molecule has 2 rings (SSSR count). The Kier molecular flexibility index (Phi) is 5.27. The summed E-state index contributed by atoms with van der Waals surface area (Å²) in [6.45, 7) is 11.6. The molecule has 0 atom stereocenters. The maximum absolute atomic E-state index is 5.50. The Balaban J connectivity index is 1.82. The van der Waals surface area contributed by atoms with Gasteiger partial charge in [0.15, 0.2) is 0 Å². The molecule has 0 radical (unpaired) electrons. The van der Waals surface area contributed by atoms with E-state index in [1.807, 2.05) is 0 Å². The standard InChI is InChI=1S/C13H25BrN2O/c1-2-15-5-7-16(8-6-15)12-13(11-14)3-9-17-10-4-13/h2-12H2,1H3. The van der Waals surface area contributed by atoms with E-state index in [2.05, 4.69) is 32.7 Å². The van der Waals surface area contributed by atoms with Gasteiger partial charge in [-0.2, -0.15) is 0 Å². The van der Waals surface area contributed by atoms with Crippen LogP contribution >= 0.6 is 15.9 Å². The quantitative estimate of drug-likeness (QED) is 0.737. The molecule has 0 unspecified atom stereocenters. The monoisotopic (exact) mass is 304 g/mol. The van der Waals surface area contributed by atoms with Crippen LogP contribution in [0.5, 0.6) is 0 Å². The second kappa shape index (κ2) is 6.50. The van der Waals surface area contributed by atoms with Crippen LogP contribution < -0.4 is 0 Å². The van der Waals surface area contributed by atoms with Crippen molar-refractivity contribution in [1.29, 1.82) is 0 Å². The SMILES string of the molecule is CCN1CCN(CC2(CBr)CCOCC2)CC1. The summed E-state index contributed by atoms with van der Waals surface area (Å²) in [5, 5.41) is 1.12. The minimum Gasteiger partial charge on any atom is -0.381 e. The van der Waals surface area contributed by atoms with Crippen molar-refractivity contribution in [3.63, 3.8) is 0 Å². The lowest BCUT2D eigenvalue weighted by molar-refractivity contribution is -0.0000822. The zero-order valence-electron chi connectivity index (χ0n) is 11.0. The molecule has 0 aliphatic carbocycles. The molecule has 4 heteroatoms. The number of hydrogen-bond acceptors (Lipinski definition) is 3. The Morgan fingerprint density at radius 3 is 2.18 bits per heavy atom. The molecule has 2 aliphatic rings. The van der Waals surface area contributed by atoms with Gasteiger partial charge in [0, 0.05) is 51.3 Å². The van der Waals surface area contributed by atoms with Crippen molar-refractivity contribution < 1.29 is 4.74 Å². The van der Waals surface area contributed by atoms with E-state index < -0.39 is 0 Å². The molecule has 0 saturated carbocycles. The third-order valence-electron chi connectivity index (χ3n) is 4.31. The molecule has 0 spiro atoms. The van der Waals surface area contributed by atoms with Gasteiger partial charge in [0.05, 0.1) is 0 Å². The number of alkyl halides is 1. The molecule has 2 saturated heterocycles. The Morgan fingerprint density at radius 2 is 1.65 bits per heavy atom. The smallest absolute Gasteiger partial charge is 0.0472 e. The van der Waals surface area contributed by atoms with Gasteiger partial charge in [0.25, 0.3) is 0 Å². The molecule has 0 N–H and O–H groups in total. The summed E-state index contributed by atoms with van der Waals surface area (Å²) in [6.07, 6.45) is 2.43. The number of likely N-dealkylation sites (N-methyl/N-ethyl adjacent to an activating group) is 1. The summed E-state index contributed by atoms with van der Waals surface area (Å²) in [4.78, 5) is 5.19. The highest BCUT2D eigenvalue weighted by atomic mass is 79.9. The van der Waals surface area contributed by atoms with Crippen molar-refractivity contribution in [2.24, 2.45) is 5.41 Å². The molecular formula is C13H25BrN2O. The molecule has 2 aliphatic heterocycles. The van der Waals surface area contributed by atoms with E-state index in [0.29, 0.717) is 5.41 Å². The average Bonchev–Trinajstić information content (AvgIpc) is 2.41. The van der Waals surface area contributed by atoms with Crippen molar-refractivity contribution in [3.05, 3.63) is 0 Å². The van der Waals surface area contributed by atoms with Crippen LogP contribution in [0.2, 0.25) is 0 Å². The summed E-state index contributed by atoms with van der Waals surface area (Å²) in [5.74, 6) is 0. The molecule has 3 nitrogen and oxygen atoms in total. The van der Waals surface area contributed by atoms with Crippen molar-refractivity contribution in [3.8, 4) is 0 Å². The highest BCUT2D eigenvalue weighted by molar-refractivity contribution is 9.09. The van der Waals surface area contributed by atoms with Gasteiger partial charge in [0.1, 0.15) is 0 Å². The molecule has 100 valence electrons. The maximum atomic E-state index is 5.50. The van der Waals surface area contributed by atoms with Gasteiger partial charge in [-0.1, -0.05) is 22.9 Å². The second-order valence-electron chi connectivity index (χ2n) is 5.46. The fourth-order valence-corrected chi connectivity index (χ4v) is 3.61. The van der Waals surface area contributed by atoms with Crippen molar-refractivity contribution in [1.82, 2.24) is 9.80 Å². The summed E-state index contributed by atoms with van der Waals surface area (Å²) in [6, 6.07) is 0. The lowest BCUT2D eigenvalue weighted by Gasteiger charge is -2.42. The molecule has 2 heterocycles. The Labute approximate surface area is 114 Å². The lowest BCUT2D eigenvalue weighted by atomic mass is 9.81. The fraction of sp³-hybridized carbons (Fsp3) is 1.00. The van der Waals surface area contributed by atoms with Gasteiger partial charge in [-0.3, -0.25) is 0 Å². The number of rotatable bonds is 4. The van der Waals surface area contributed by atoms with Crippen molar-refractivity contribution in [2.75, 3.05) is 57.8 Å². The van der Waals surface area contributed by atoms with E-state index in [0.717, 1.165) is 18.5 Å². The first-order chi connectivity index (χ1) is 8.28. The number of hydrogen-bond donors (Lipinski definition) is 0. The van der Waals surface area contributed by atoms with Gasteiger partial charge >= 0.3 is 0 Å². The zero-order valence-corrected chi connectivity index (χ0v) is 12.5. The van der Waals surface area contributed by atoms with Crippen LogP contribution in [0, 0.1) is 5.41 Å². The van der Waals surface area contributed by atoms with E-state index in [9.17, 15) is 0 Å². The predicted molar refractivity (Wildman–Crippen MR) is 74.8 cm³/mol. The van der Waals surface area contributed by atoms with Gasteiger partial charge in [-0.15, -0.1) is 0 Å². The van der Waals surface area contributed by atoms with Crippen molar-refractivity contribution in [2.45, 2.75) is 19.8 Å². The highest BCUT2D eigenvalue weighted by Crippen LogP contribution is 2.33. The first-order valence-electron chi connectivity index (χ1n) is 6.86. The number of nitrogens with zero attached hydrogens (tertiary/aromatic N) is 2. The molecule has 2 fully saturated rings. The van der Waals surface area contributed by atoms with Crippen LogP contribution in [0.15, 0.2) is 0 Å². The Morgan fingerprint density at radius 1 is 1.06 bits per heavy atom. The minimum atomic E-state index is 0.465. The topological polar surface area (TPSA) is 15.7 Å². The second-order valence-corrected chi connectivity index (χ2v) is 6.02. The van der Waals surface area contributed by atoms with Gasteiger partial charge in [0.2, 0.25) is 0 Å². The predicted octanol–water partition coefficient (Wildman–Crippen LogP) is 1.82. The first-order valence-corrected chi connectivity index (χ1v) is 7.98. The Hall–Kier alpha value is 0.360. The normalized spacial score (nSPS) is 27.2. The molecule has 0 aromatic heterocycles. The summed E-state index contributed by atoms with van der Waals surface area (Å²) in [5.41, 5.74) is 0.465. The summed E-state index contributed by atoms with van der Waals surface area (Å²) >= 11 is 3.73. The van der Waals surface area contributed by atoms with Crippen LogP contribution in [0.4, 0.5) is 0 Å². The van der Waals surface area contributed by atoms with E-state index in [-0.39, 0.29) is 0 Å². The zero-order chi connectivity index (χ0) is 12.1. The molecule has 0 aromatic rings. The summed E-state index contributed by atoms with van der Waals surface area (Å²) in [7, 11) is 0. The maximum Gasteiger partial charge on any atom is 0.0472 e. The van der Waals surface area contributed by atoms with Crippen LogP contribution in [0.25, 0.3) is 0 Å². The van der Waals surface area contributed by atoms with E-state index in [1.165, 1.54) is 52.1 Å². The third kappa shape index (κ3) is 3.66. The summed E-state index contributed by atoms with van der Waals surface area (Å²) < 4.78 is 5.50. The minimum absolute atomic E-state index is 0.465. The van der Waals surface area contributed by atoms with E-state index >= 15 is 0 Å². The molecular weight excluding hydrogens is 280 g/mol. The van der Waals surface area contributed by atoms with Gasteiger partial charge in [-0.05, 0) is 24.8 Å². The number of piperazine rings is 1. The van der Waals surface area contributed by atoms with Gasteiger partial charge < -0.3 is 14.5 Å². The molecule has 0 bridgehead atoms. The van der Waals surface area contributed by atoms with Crippen LogP contribution in [0.1, 0.15) is 19.8 Å². The first kappa shape index (κ1) is 13.8. The average molecular weight is 305 g/mol. The van der Waals surface area contributed by atoms with Crippen LogP contribution in [-0.2, 0) is 4.74 Å². The molecule has 0 aromatic carbocycles. The third-order valence-corrected chi connectivity index (χ3v) is 5.50. The van der Waals surface area contributed by atoms with Crippen molar-refractivity contribution >= 4 is 15.9 Å². The van der Waals surface area contributed by atoms with Crippen LogP contribution in [-0.4, -0.2) is 67.6 Å². The molecule has 0 amide bonds. The fourth-order valence-electron chi connectivity index (χ4n) is 2.88. The molecule has 17 heavy (non-hydrogen) atoms. The van der Waals surface area contributed by atoms with Gasteiger partial charge in [-0.25, -0.2) is 0 Å². The highest BCUT2D eigenvalue weighted by Gasteiger charge is 2.34. The largest absolute Gasteiger partial charge is 0.381 e.